The van der Waals surface area contributed by atoms with Gasteiger partial charge < -0.3 is 26.0 Å². The van der Waals surface area contributed by atoms with E-state index in [1.165, 1.54) is 0 Å². The molecular formula is C20H29N5O4. The van der Waals surface area contributed by atoms with E-state index in [-0.39, 0.29) is 42.1 Å². The SMILES string of the molecule is CN1C(=O)C[C@H](C(=O)NCCOCCNC(=O)C2CC(N)C2)[C@H]1c1cccnc1. The molecule has 158 valence electrons. The second-order valence-corrected chi connectivity index (χ2v) is 7.67. The Morgan fingerprint density at radius 2 is 1.93 bits per heavy atom. The first-order valence-corrected chi connectivity index (χ1v) is 10.0. The number of nitrogens with one attached hydrogen (secondary N) is 2. The Hall–Kier alpha value is -2.52. The molecule has 9 heteroatoms. The van der Waals surface area contributed by atoms with Gasteiger partial charge in [-0.05, 0) is 24.5 Å². The number of hydrogen-bond donors (Lipinski definition) is 3. The maximum Gasteiger partial charge on any atom is 0.226 e. The van der Waals surface area contributed by atoms with Crippen molar-refractivity contribution in [3.63, 3.8) is 0 Å². The molecule has 2 atom stereocenters. The third-order valence-electron chi connectivity index (χ3n) is 5.59. The maximum absolute atomic E-state index is 12.6. The van der Waals surface area contributed by atoms with Crippen molar-refractivity contribution in [2.24, 2.45) is 17.6 Å². The summed E-state index contributed by atoms with van der Waals surface area (Å²) < 4.78 is 5.46. The number of carbonyl (C=O) groups excluding carboxylic acids is 3. The molecule has 0 unspecified atom stereocenters. The summed E-state index contributed by atoms with van der Waals surface area (Å²) in [6, 6.07) is 3.51. The molecule has 9 nitrogen and oxygen atoms in total. The van der Waals surface area contributed by atoms with Crippen LogP contribution in [-0.4, -0.2) is 67.0 Å². The highest BCUT2D eigenvalue weighted by atomic mass is 16.5. The first-order valence-electron chi connectivity index (χ1n) is 10.0. The van der Waals surface area contributed by atoms with Gasteiger partial charge in [0, 0.05) is 50.9 Å². The van der Waals surface area contributed by atoms with Gasteiger partial charge in [0.2, 0.25) is 17.7 Å². The van der Waals surface area contributed by atoms with Crippen LogP contribution in [0.4, 0.5) is 0 Å². The number of nitrogens with zero attached hydrogens (tertiary/aromatic N) is 2. The summed E-state index contributed by atoms with van der Waals surface area (Å²) in [6.45, 7) is 1.50. The number of rotatable bonds is 9. The second-order valence-electron chi connectivity index (χ2n) is 7.67. The van der Waals surface area contributed by atoms with Crippen LogP contribution in [-0.2, 0) is 19.1 Å². The van der Waals surface area contributed by atoms with E-state index in [1.807, 2.05) is 6.07 Å². The summed E-state index contributed by atoms with van der Waals surface area (Å²) in [5.41, 5.74) is 6.53. The first-order chi connectivity index (χ1) is 14.0. The number of carbonyl (C=O) groups is 3. The Morgan fingerprint density at radius 3 is 2.55 bits per heavy atom. The van der Waals surface area contributed by atoms with E-state index >= 15 is 0 Å². The molecule has 2 aliphatic rings. The fourth-order valence-electron chi connectivity index (χ4n) is 3.86. The molecular weight excluding hydrogens is 374 g/mol. The molecule has 29 heavy (non-hydrogen) atoms. The number of nitrogens with two attached hydrogens (primary N) is 1. The molecule has 0 radical (unpaired) electrons. The number of amides is 3. The van der Waals surface area contributed by atoms with Gasteiger partial charge in [-0.15, -0.1) is 0 Å². The number of aromatic nitrogens is 1. The van der Waals surface area contributed by atoms with Crippen LogP contribution < -0.4 is 16.4 Å². The lowest BCUT2D eigenvalue weighted by Crippen LogP contribution is -2.45. The average Bonchev–Trinajstić information content (AvgIpc) is 3.00. The minimum atomic E-state index is -0.454. The van der Waals surface area contributed by atoms with Crippen molar-refractivity contribution in [2.75, 3.05) is 33.4 Å². The number of ether oxygens (including phenoxy) is 1. The van der Waals surface area contributed by atoms with E-state index in [1.54, 1.807) is 30.4 Å². The van der Waals surface area contributed by atoms with Crippen LogP contribution in [0.5, 0.6) is 0 Å². The summed E-state index contributed by atoms with van der Waals surface area (Å²) >= 11 is 0. The third-order valence-corrected chi connectivity index (χ3v) is 5.59. The fraction of sp³-hybridized carbons (Fsp3) is 0.600. The summed E-state index contributed by atoms with van der Waals surface area (Å²) in [4.78, 5) is 42.2. The number of pyridine rings is 1. The van der Waals surface area contributed by atoms with Gasteiger partial charge in [0.05, 0.1) is 25.2 Å². The van der Waals surface area contributed by atoms with Crippen LogP contribution in [0.2, 0.25) is 0 Å². The van der Waals surface area contributed by atoms with E-state index in [4.69, 9.17) is 10.5 Å². The topological polar surface area (TPSA) is 127 Å². The molecule has 0 spiro atoms. The van der Waals surface area contributed by atoms with Gasteiger partial charge in [-0.2, -0.15) is 0 Å². The predicted octanol–water partition coefficient (Wildman–Crippen LogP) is -0.413. The molecule has 3 rings (SSSR count). The van der Waals surface area contributed by atoms with Gasteiger partial charge in [0.15, 0.2) is 0 Å². The molecule has 2 fully saturated rings. The van der Waals surface area contributed by atoms with Crippen molar-refractivity contribution in [1.82, 2.24) is 20.5 Å². The van der Waals surface area contributed by atoms with Gasteiger partial charge in [0.25, 0.3) is 0 Å². The normalized spacial score (nSPS) is 26.1. The van der Waals surface area contributed by atoms with Crippen molar-refractivity contribution in [2.45, 2.75) is 31.3 Å². The first kappa shape index (κ1) is 21.2. The van der Waals surface area contributed by atoms with Crippen molar-refractivity contribution >= 4 is 17.7 Å². The summed E-state index contributed by atoms with van der Waals surface area (Å²) in [5, 5.41) is 5.67. The lowest BCUT2D eigenvalue weighted by molar-refractivity contribution is -0.128. The average molecular weight is 403 g/mol. The Bertz CT molecular complexity index is 723. The highest BCUT2D eigenvalue weighted by Gasteiger charge is 2.42. The zero-order valence-corrected chi connectivity index (χ0v) is 16.7. The largest absolute Gasteiger partial charge is 0.378 e. The molecule has 1 aromatic rings. The van der Waals surface area contributed by atoms with Crippen molar-refractivity contribution in [3.05, 3.63) is 30.1 Å². The fourth-order valence-corrected chi connectivity index (χ4v) is 3.86. The Labute approximate surface area is 170 Å². The molecule has 1 saturated carbocycles. The molecule has 2 heterocycles. The molecule has 3 amide bonds. The summed E-state index contributed by atoms with van der Waals surface area (Å²) in [5.74, 6) is -0.623. The lowest BCUT2D eigenvalue weighted by Gasteiger charge is -2.31. The van der Waals surface area contributed by atoms with Crippen LogP contribution in [0.25, 0.3) is 0 Å². The van der Waals surface area contributed by atoms with E-state index in [0.29, 0.717) is 26.3 Å². The van der Waals surface area contributed by atoms with Crippen molar-refractivity contribution < 1.29 is 19.1 Å². The summed E-state index contributed by atoms with van der Waals surface area (Å²) in [6.07, 6.45) is 5.03. The zero-order valence-electron chi connectivity index (χ0n) is 16.7. The van der Waals surface area contributed by atoms with Crippen molar-refractivity contribution in [1.29, 1.82) is 0 Å². The quantitative estimate of drug-likeness (QED) is 0.481. The molecule has 1 aromatic heterocycles. The molecule has 0 aromatic carbocycles. The number of hydrogen-bond acceptors (Lipinski definition) is 6. The van der Waals surface area contributed by atoms with Gasteiger partial charge in [-0.1, -0.05) is 6.07 Å². The van der Waals surface area contributed by atoms with Gasteiger partial charge in [-0.3, -0.25) is 19.4 Å². The van der Waals surface area contributed by atoms with Gasteiger partial charge in [0.1, 0.15) is 0 Å². The monoisotopic (exact) mass is 403 g/mol. The molecule has 0 bridgehead atoms. The van der Waals surface area contributed by atoms with Crippen molar-refractivity contribution in [3.8, 4) is 0 Å². The third kappa shape index (κ3) is 5.30. The molecule has 1 saturated heterocycles. The second kappa shape index (κ2) is 9.80. The smallest absolute Gasteiger partial charge is 0.226 e. The minimum absolute atomic E-state index is 0.0278. The van der Waals surface area contributed by atoms with Gasteiger partial charge >= 0.3 is 0 Å². The van der Waals surface area contributed by atoms with Gasteiger partial charge in [-0.25, -0.2) is 0 Å². The van der Waals surface area contributed by atoms with E-state index in [0.717, 1.165) is 18.4 Å². The molecule has 1 aliphatic carbocycles. The Balaban J connectivity index is 1.34. The van der Waals surface area contributed by atoms with E-state index in [9.17, 15) is 14.4 Å². The highest BCUT2D eigenvalue weighted by Crippen LogP contribution is 2.36. The standard InChI is InChI=1S/C20H29N5O4/c1-25-17(26)11-16(18(25)13-3-2-4-22-12-13)20(28)24-6-8-29-7-5-23-19(27)14-9-15(21)10-14/h2-4,12,14-16,18H,5-11,21H2,1H3,(H,23,27)(H,24,28)/t14?,15?,16-,18+/m0/s1. The summed E-state index contributed by atoms with van der Waals surface area (Å²) in [7, 11) is 1.71. The van der Waals surface area contributed by atoms with Crippen LogP contribution >= 0.6 is 0 Å². The Morgan fingerprint density at radius 1 is 1.24 bits per heavy atom. The van der Waals surface area contributed by atoms with Crippen LogP contribution in [0, 0.1) is 11.8 Å². The zero-order chi connectivity index (χ0) is 20.8. The maximum atomic E-state index is 12.6. The minimum Gasteiger partial charge on any atom is -0.378 e. The molecule has 4 N–H and O–H groups in total. The van der Waals surface area contributed by atoms with E-state index < -0.39 is 5.92 Å². The predicted molar refractivity (Wildman–Crippen MR) is 105 cm³/mol. The Kier molecular flexibility index (Phi) is 7.16. The van der Waals surface area contributed by atoms with Crippen LogP contribution in [0.3, 0.4) is 0 Å². The highest BCUT2D eigenvalue weighted by molar-refractivity contribution is 5.90. The lowest BCUT2D eigenvalue weighted by atomic mass is 9.80. The van der Waals surface area contributed by atoms with E-state index in [2.05, 4.69) is 15.6 Å². The van der Waals surface area contributed by atoms with Crippen LogP contribution in [0.15, 0.2) is 24.5 Å². The molecule has 1 aliphatic heterocycles. The van der Waals surface area contributed by atoms with Crippen LogP contribution in [0.1, 0.15) is 30.9 Å². The number of likely N-dealkylation sites (tertiary alicyclic amines) is 1.